The lowest BCUT2D eigenvalue weighted by Crippen LogP contribution is -2.36. The Kier molecular flexibility index (Phi) is 6.35. The molecule has 0 aliphatic rings. The van der Waals surface area contributed by atoms with Gasteiger partial charge in [-0.05, 0) is 36.6 Å². The zero-order valence-electron chi connectivity index (χ0n) is 10.6. The van der Waals surface area contributed by atoms with E-state index in [4.69, 9.17) is 5.73 Å². The largest absolute Gasteiger partial charge is 0.417 e. The van der Waals surface area contributed by atoms with Gasteiger partial charge in [-0.2, -0.15) is 24.9 Å². The molecular formula is C12H14BrF3N2OS. The van der Waals surface area contributed by atoms with E-state index < -0.39 is 23.7 Å². The number of halogens is 4. The number of carbonyl (C=O) groups is 1. The Labute approximate surface area is 127 Å². The SMILES string of the molecule is CSCC[C@@H](N)C(=O)Nc1ccc(Br)c(C(F)(F)F)c1. The third-order valence-electron chi connectivity index (χ3n) is 2.51. The molecule has 0 unspecified atom stereocenters. The van der Waals surface area contributed by atoms with Gasteiger partial charge in [0.25, 0.3) is 0 Å². The highest BCUT2D eigenvalue weighted by atomic mass is 79.9. The minimum absolute atomic E-state index is 0.0742. The van der Waals surface area contributed by atoms with Crippen molar-refractivity contribution >= 4 is 39.3 Å². The summed E-state index contributed by atoms with van der Waals surface area (Å²) >= 11 is 4.38. The van der Waals surface area contributed by atoms with E-state index in [2.05, 4.69) is 21.2 Å². The maximum atomic E-state index is 12.7. The summed E-state index contributed by atoms with van der Waals surface area (Å²) in [5, 5.41) is 2.40. The fourth-order valence-corrected chi connectivity index (χ4v) is 2.39. The van der Waals surface area contributed by atoms with E-state index in [1.54, 1.807) is 11.8 Å². The molecule has 0 fully saturated rings. The van der Waals surface area contributed by atoms with Gasteiger partial charge in [0.05, 0.1) is 11.6 Å². The van der Waals surface area contributed by atoms with Gasteiger partial charge in [-0.1, -0.05) is 15.9 Å². The Hall–Kier alpha value is -0.730. The van der Waals surface area contributed by atoms with Gasteiger partial charge in [-0.3, -0.25) is 4.79 Å². The van der Waals surface area contributed by atoms with Crippen LogP contribution in [0.1, 0.15) is 12.0 Å². The lowest BCUT2D eigenvalue weighted by molar-refractivity contribution is -0.138. The highest BCUT2D eigenvalue weighted by molar-refractivity contribution is 9.10. The van der Waals surface area contributed by atoms with Crippen LogP contribution >= 0.6 is 27.7 Å². The summed E-state index contributed by atoms with van der Waals surface area (Å²) in [6.07, 6.45) is -2.13. The second kappa shape index (κ2) is 7.33. The molecule has 8 heteroatoms. The van der Waals surface area contributed by atoms with Gasteiger partial charge in [0, 0.05) is 10.2 Å². The van der Waals surface area contributed by atoms with Crippen molar-refractivity contribution in [2.24, 2.45) is 5.73 Å². The van der Waals surface area contributed by atoms with Crippen molar-refractivity contribution in [1.29, 1.82) is 0 Å². The second-order valence-corrected chi connectivity index (χ2v) is 5.91. The second-order valence-electron chi connectivity index (χ2n) is 4.07. The summed E-state index contributed by atoms with van der Waals surface area (Å²) in [6.45, 7) is 0. The first kappa shape index (κ1) is 17.3. The lowest BCUT2D eigenvalue weighted by Gasteiger charge is -2.14. The minimum atomic E-state index is -4.49. The van der Waals surface area contributed by atoms with Crippen molar-refractivity contribution in [1.82, 2.24) is 0 Å². The number of amides is 1. The van der Waals surface area contributed by atoms with Gasteiger partial charge in [0.2, 0.25) is 5.91 Å². The predicted octanol–water partition coefficient (Wildman–Crippen LogP) is 3.49. The molecule has 0 heterocycles. The van der Waals surface area contributed by atoms with Gasteiger partial charge >= 0.3 is 6.18 Å². The number of carbonyl (C=O) groups excluding carboxylic acids is 1. The molecule has 3 nitrogen and oxygen atoms in total. The van der Waals surface area contributed by atoms with Crippen molar-refractivity contribution < 1.29 is 18.0 Å². The zero-order chi connectivity index (χ0) is 15.3. The molecule has 20 heavy (non-hydrogen) atoms. The van der Waals surface area contributed by atoms with Gasteiger partial charge < -0.3 is 11.1 Å². The molecule has 0 aliphatic heterocycles. The maximum absolute atomic E-state index is 12.7. The normalized spacial score (nSPS) is 13.1. The zero-order valence-corrected chi connectivity index (χ0v) is 13.0. The molecule has 1 atom stereocenters. The summed E-state index contributed by atoms with van der Waals surface area (Å²) < 4.78 is 38.1. The van der Waals surface area contributed by atoms with E-state index >= 15 is 0 Å². The number of rotatable bonds is 5. The Morgan fingerprint density at radius 2 is 2.15 bits per heavy atom. The Morgan fingerprint density at radius 3 is 2.70 bits per heavy atom. The van der Waals surface area contributed by atoms with Crippen LogP contribution in [0.2, 0.25) is 0 Å². The van der Waals surface area contributed by atoms with Crippen LogP contribution in [0.4, 0.5) is 18.9 Å². The predicted molar refractivity (Wildman–Crippen MR) is 78.7 cm³/mol. The Bertz CT molecular complexity index is 482. The molecule has 0 bridgehead atoms. The Morgan fingerprint density at radius 1 is 1.50 bits per heavy atom. The van der Waals surface area contributed by atoms with Crippen molar-refractivity contribution in [3.8, 4) is 0 Å². The number of nitrogens with one attached hydrogen (secondary N) is 1. The van der Waals surface area contributed by atoms with Gasteiger partial charge in [-0.25, -0.2) is 0 Å². The van der Waals surface area contributed by atoms with Crippen LogP contribution < -0.4 is 11.1 Å². The van der Waals surface area contributed by atoms with E-state index in [9.17, 15) is 18.0 Å². The molecular weight excluding hydrogens is 357 g/mol. The molecule has 1 aromatic rings. The van der Waals surface area contributed by atoms with Crippen LogP contribution in [0, 0.1) is 0 Å². The summed E-state index contributed by atoms with van der Waals surface area (Å²) in [7, 11) is 0. The van der Waals surface area contributed by atoms with Crippen molar-refractivity contribution in [3.05, 3.63) is 28.2 Å². The van der Waals surface area contributed by atoms with Crippen LogP contribution in [0.25, 0.3) is 0 Å². The number of anilines is 1. The van der Waals surface area contributed by atoms with Gasteiger partial charge in [0.1, 0.15) is 0 Å². The van der Waals surface area contributed by atoms with Crippen molar-refractivity contribution in [3.63, 3.8) is 0 Å². The van der Waals surface area contributed by atoms with Crippen LogP contribution in [0.15, 0.2) is 22.7 Å². The topological polar surface area (TPSA) is 55.1 Å². The molecule has 0 aliphatic carbocycles. The third kappa shape index (κ3) is 4.99. The highest BCUT2D eigenvalue weighted by Crippen LogP contribution is 2.36. The summed E-state index contributed by atoms with van der Waals surface area (Å²) in [5.41, 5.74) is 4.88. The molecule has 1 rings (SSSR count). The van der Waals surface area contributed by atoms with E-state index in [0.29, 0.717) is 12.2 Å². The molecule has 0 saturated carbocycles. The molecule has 3 N–H and O–H groups in total. The molecule has 0 aromatic heterocycles. The van der Waals surface area contributed by atoms with E-state index in [1.165, 1.54) is 12.1 Å². The third-order valence-corrected chi connectivity index (χ3v) is 3.84. The average molecular weight is 371 g/mol. The van der Waals surface area contributed by atoms with Crippen molar-refractivity contribution in [2.75, 3.05) is 17.3 Å². The van der Waals surface area contributed by atoms with Crippen LogP contribution in [0.5, 0.6) is 0 Å². The first-order valence-corrected chi connectivity index (χ1v) is 7.86. The molecule has 0 saturated heterocycles. The van der Waals surface area contributed by atoms with Gasteiger partial charge in [0.15, 0.2) is 0 Å². The monoisotopic (exact) mass is 370 g/mol. The van der Waals surface area contributed by atoms with E-state index in [1.807, 2.05) is 6.26 Å². The van der Waals surface area contributed by atoms with E-state index in [0.717, 1.165) is 6.07 Å². The molecule has 0 spiro atoms. The number of alkyl halides is 3. The fraction of sp³-hybridized carbons (Fsp3) is 0.417. The maximum Gasteiger partial charge on any atom is 0.417 e. The summed E-state index contributed by atoms with van der Waals surface area (Å²) in [4.78, 5) is 11.7. The smallest absolute Gasteiger partial charge is 0.325 e. The standard InChI is InChI=1S/C12H14BrF3N2OS/c1-20-5-4-10(17)11(19)18-7-2-3-9(13)8(6-7)12(14,15)16/h2-3,6,10H,4-5,17H2,1H3,(H,18,19)/t10-/m1/s1. The molecule has 112 valence electrons. The number of benzene rings is 1. The summed E-state index contributed by atoms with van der Waals surface area (Å²) in [5.74, 6) is 0.220. The minimum Gasteiger partial charge on any atom is -0.325 e. The first-order valence-electron chi connectivity index (χ1n) is 5.68. The molecule has 1 amide bonds. The summed E-state index contributed by atoms with van der Waals surface area (Å²) in [6, 6.07) is 2.77. The average Bonchev–Trinajstić information content (AvgIpc) is 2.36. The number of hydrogen-bond acceptors (Lipinski definition) is 3. The van der Waals surface area contributed by atoms with Crippen LogP contribution in [0.3, 0.4) is 0 Å². The highest BCUT2D eigenvalue weighted by Gasteiger charge is 2.33. The molecule has 0 radical (unpaired) electrons. The Balaban J connectivity index is 2.81. The lowest BCUT2D eigenvalue weighted by atomic mass is 10.1. The van der Waals surface area contributed by atoms with Crippen molar-refractivity contribution in [2.45, 2.75) is 18.6 Å². The number of thioether (sulfide) groups is 1. The van der Waals surface area contributed by atoms with E-state index in [-0.39, 0.29) is 10.2 Å². The first-order chi connectivity index (χ1) is 9.25. The quantitative estimate of drug-likeness (QED) is 0.833. The fourth-order valence-electron chi connectivity index (χ4n) is 1.43. The number of nitrogens with two attached hydrogens (primary N) is 1. The van der Waals surface area contributed by atoms with Crippen LogP contribution in [-0.2, 0) is 11.0 Å². The van der Waals surface area contributed by atoms with Gasteiger partial charge in [-0.15, -0.1) is 0 Å². The molecule has 1 aromatic carbocycles. The number of hydrogen-bond donors (Lipinski definition) is 2. The van der Waals surface area contributed by atoms with Crippen LogP contribution in [-0.4, -0.2) is 24.0 Å².